The van der Waals surface area contributed by atoms with Crippen molar-refractivity contribution < 1.29 is 27.8 Å². The summed E-state index contributed by atoms with van der Waals surface area (Å²) in [6.07, 6.45) is 0.456. The van der Waals surface area contributed by atoms with E-state index in [1.807, 2.05) is 24.3 Å². The molecule has 7 heteroatoms. The number of morpholine rings is 1. The van der Waals surface area contributed by atoms with Crippen molar-refractivity contribution in [2.24, 2.45) is 5.92 Å². The first kappa shape index (κ1) is 23.8. The molecule has 2 saturated heterocycles. The van der Waals surface area contributed by atoms with Crippen molar-refractivity contribution in [3.63, 3.8) is 0 Å². The van der Waals surface area contributed by atoms with Crippen LogP contribution in [0, 0.1) is 17.6 Å². The summed E-state index contributed by atoms with van der Waals surface area (Å²) in [7, 11) is 0. The summed E-state index contributed by atoms with van der Waals surface area (Å²) in [5.41, 5.74) is 4.96. The van der Waals surface area contributed by atoms with E-state index in [2.05, 4.69) is 24.3 Å². The summed E-state index contributed by atoms with van der Waals surface area (Å²) in [5.74, 6) is -1.80. The number of benzene rings is 3. The van der Waals surface area contributed by atoms with E-state index < -0.39 is 17.7 Å². The third-order valence-electron chi connectivity index (χ3n) is 7.82. The Kier molecular flexibility index (Phi) is 6.24. The molecule has 3 aromatic rings. The van der Waals surface area contributed by atoms with Gasteiger partial charge in [-0.3, -0.25) is 9.69 Å². The number of carbonyl (C=O) groups is 2. The van der Waals surface area contributed by atoms with E-state index >= 15 is 0 Å². The third-order valence-corrected chi connectivity index (χ3v) is 7.82. The third kappa shape index (κ3) is 4.53. The van der Waals surface area contributed by atoms with E-state index in [0.29, 0.717) is 31.6 Å². The first-order chi connectivity index (χ1) is 18.0. The predicted octanol–water partition coefficient (Wildman–Crippen LogP) is 5.50. The van der Waals surface area contributed by atoms with E-state index in [-0.39, 0.29) is 42.7 Å². The number of hydrogen-bond acceptors (Lipinski definition) is 4. The molecule has 1 aliphatic carbocycles. The minimum absolute atomic E-state index is 0.0294. The fourth-order valence-corrected chi connectivity index (χ4v) is 6.20. The molecule has 0 saturated carbocycles. The van der Waals surface area contributed by atoms with Crippen LogP contribution in [0.25, 0.3) is 11.1 Å². The minimum atomic E-state index is -0.696. The maximum atomic E-state index is 13.6. The largest absolute Gasteiger partial charge is 0.448 e. The van der Waals surface area contributed by atoms with Crippen molar-refractivity contribution in [1.29, 1.82) is 0 Å². The predicted molar refractivity (Wildman–Crippen MR) is 133 cm³/mol. The van der Waals surface area contributed by atoms with Gasteiger partial charge < -0.3 is 9.47 Å². The molecule has 0 N–H and O–H groups in total. The average molecular weight is 504 g/mol. The highest BCUT2D eigenvalue weighted by atomic mass is 19.1. The fourth-order valence-electron chi connectivity index (χ4n) is 6.20. The average Bonchev–Trinajstić information content (AvgIpc) is 3.19. The second-order valence-electron chi connectivity index (χ2n) is 10.1. The zero-order chi connectivity index (χ0) is 25.5. The van der Waals surface area contributed by atoms with E-state index in [9.17, 15) is 18.4 Å². The van der Waals surface area contributed by atoms with Gasteiger partial charge in [0.1, 0.15) is 24.0 Å². The number of halogens is 2. The molecule has 0 radical (unpaired) electrons. The summed E-state index contributed by atoms with van der Waals surface area (Å²) in [5, 5.41) is 0. The highest BCUT2D eigenvalue weighted by molar-refractivity contribution is 5.84. The number of fused-ring (bicyclic) bond motifs is 5. The van der Waals surface area contributed by atoms with Crippen LogP contribution in [0.15, 0.2) is 66.7 Å². The van der Waals surface area contributed by atoms with Gasteiger partial charge in [-0.1, -0.05) is 48.5 Å². The second-order valence-corrected chi connectivity index (χ2v) is 10.1. The quantitative estimate of drug-likeness (QED) is 0.461. The summed E-state index contributed by atoms with van der Waals surface area (Å²) < 4.78 is 38.7. The van der Waals surface area contributed by atoms with Gasteiger partial charge >= 0.3 is 6.09 Å². The van der Waals surface area contributed by atoms with Crippen LogP contribution >= 0.6 is 0 Å². The standard InChI is InChI=1S/C30H27F2NO4/c31-20-9-18(10-21(32)14-20)11-29(34)19-12-22-15-36-16-23(13-19)33(22)30(35)37-17-28-26-7-3-1-5-24(26)25-6-2-4-8-27(25)28/h1-10,14,19,22-23,28H,11-13,15-17H2. The highest BCUT2D eigenvalue weighted by Crippen LogP contribution is 2.44. The van der Waals surface area contributed by atoms with Gasteiger partial charge in [0, 0.05) is 24.3 Å². The Hall–Kier alpha value is -3.58. The zero-order valence-corrected chi connectivity index (χ0v) is 20.2. The lowest BCUT2D eigenvalue weighted by Gasteiger charge is -2.47. The Bertz CT molecular complexity index is 1280. The second kappa shape index (κ2) is 9.71. The molecule has 2 aliphatic heterocycles. The van der Waals surface area contributed by atoms with Gasteiger partial charge in [-0.15, -0.1) is 0 Å². The molecule has 3 aliphatic rings. The van der Waals surface area contributed by atoms with Crippen molar-refractivity contribution in [2.75, 3.05) is 19.8 Å². The summed E-state index contributed by atoms with van der Waals surface area (Å²) >= 11 is 0. The normalized spacial score (nSPS) is 22.3. The highest BCUT2D eigenvalue weighted by Gasteiger charge is 2.44. The number of carbonyl (C=O) groups excluding carboxylic acids is 2. The number of hydrogen-bond donors (Lipinski definition) is 0. The van der Waals surface area contributed by atoms with Gasteiger partial charge in [-0.2, -0.15) is 0 Å². The van der Waals surface area contributed by atoms with Crippen LogP contribution in [0.5, 0.6) is 0 Å². The number of ether oxygens (including phenoxy) is 2. The Morgan fingerprint density at radius 1 is 0.865 bits per heavy atom. The minimum Gasteiger partial charge on any atom is -0.448 e. The fraction of sp³-hybridized carbons (Fsp3) is 0.333. The molecule has 2 bridgehead atoms. The first-order valence-electron chi connectivity index (χ1n) is 12.7. The maximum absolute atomic E-state index is 13.6. The van der Waals surface area contributed by atoms with Gasteiger partial charge in [0.25, 0.3) is 0 Å². The van der Waals surface area contributed by atoms with Crippen LogP contribution in [0.3, 0.4) is 0 Å². The van der Waals surface area contributed by atoms with Gasteiger partial charge in [-0.05, 0) is 52.8 Å². The molecule has 0 spiro atoms. The summed E-state index contributed by atoms with van der Waals surface area (Å²) in [6.45, 7) is 0.898. The molecule has 2 heterocycles. The van der Waals surface area contributed by atoms with Crippen molar-refractivity contribution in [2.45, 2.75) is 37.3 Å². The lowest BCUT2D eigenvalue weighted by Crippen LogP contribution is -2.60. The van der Waals surface area contributed by atoms with Gasteiger partial charge in [0.2, 0.25) is 0 Å². The van der Waals surface area contributed by atoms with Crippen LogP contribution in [-0.4, -0.2) is 48.7 Å². The number of amides is 1. The molecule has 1 amide bonds. The van der Waals surface area contributed by atoms with Gasteiger partial charge in [-0.25, -0.2) is 13.6 Å². The van der Waals surface area contributed by atoms with Gasteiger partial charge in [0.15, 0.2) is 0 Å². The smallest absolute Gasteiger partial charge is 0.410 e. The molecule has 37 heavy (non-hydrogen) atoms. The van der Waals surface area contributed by atoms with E-state index in [1.165, 1.54) is 23.3 Å². The molecule has 6 rings (SSSR count). The zero-order valence-electron chi connectivity index (χ0n) is 20.2. The van der Waals surface area contributed by atoms with Crippen LogP contribution in [0.2, 0.25) is 0 Å². The molecular formula is C30H27F2NO4. The van der Waals surface area contributed by atoms with Crippen LogP contribution < -0.4 is 0 Å². The van der Waals surface area contributed by atoms with Crippen LogP contribution in [0.4, 0.5) is 13.6 Å². The van der Waals surface area contributed by atoms with Crippen LogP contribution in [-0.2, 0) is 20.7 Å². The molecular weight excluding hydrogens is 476 g/mol. The Balaban J connectivity index is 1.13. The van der Waals surface area contributed by atoms with E-state index in [1.54, 1.807) is 4.90 Å². The molecule has 5 nitrogen and oxygen atoms in total. The van der Waals surface area contributed by atoms with Crippen LogP contribution in [0.1, 0.15) is 35.4 Å². The number of ketones is 1. The van der Waals surface area contributed by atoms with Crippen molar-refractivity contribution in [1.82, 2.24) is 4.90 Å². The lowest BCUT2D eigenvalue weighted by atomic mass is 9.81. The lowest BCUT2D eigenvalue weighted by molar-refractivity contribution is -0.130. The monoisotopic (exact) mass is 503 g/mol. The van der Waals surface area contributed by atoms with Gasteiger partial charge in [0.05, 0.1) is 25.3 Å². The Morgan fingerprint density at radius 2 is 1.43 bits per heavy atom. The number of nitrogens with zero attached hydrogens (tertiary/aromatic N) is 1. The number of Topliss-reactive ketones (excluding diaryl/α,β-unsaturated/α-hetero) is 1. The molecule has 2 unspecified atom stereocenters. The Labute approximate surface area is 214 Å². The summed E-state index contributed by atoms with van der Waals surface area (Å²) in [4.78, 5) is 28.1. The molecule has 0 aromatic heterocycles. The maximum Gasteiger partial charge on any atom is 0.410 e. The van der Waals surface area contributed by atoms with E-state index in [4.69, 9.17) is 9.47 Å². The van der Waals surface area contributed by atoms with Crippen molar-refractivity contribution in [3.05, 3.63) is 95.1 Å². The van der Waals surface area contributed by atoms with E-state index in [0.717, 1.165) is 17.2 Å². The first-order valence-corrected chi connectivity index (χ1v) is 12.7. The summed E-state index contributed by atoms with van der Waals surface area (Å²) in [6, 6.07) is 19.0. The topological polar surface area (TPSA) is 55.8 Å². The molecule has 3 aromatic carbocycles. The SMILES string of the molecule is O=C(Cc1cc(F)cc(F)c1)C1CC2COCC(C1)N2C(=O)OCC1c2ccccc2-c2ccccc21. The molecule has 2 atom stereocenters. The Morgan fingerprint density at radius 3 is 2.03 bits per heavy atom. The number of piperidine rings is 1. The molecule has 2 fully saturated rings. The van der Waals surface area contributed by atoms with Crippen molar-refractivity contribution >= 4 is 11.9 Å². The molecule has 190 valence electrons. The number of rotatable bonds is 5. The van der Waals surface area contributed by atoms with Crippen molar-refractivity contribution in [3.8, 4) is 11.1 Å².